The number of aliphatic hydroxyl groups excluding tert-OH is 1. The average Bonchev–Trinajstić information content (AvgIpc) is 0.918. The SMILES string of the molecule is CCCCCC/C=C\C=C/CCCCCCCC(=O)O[C@H](COC(=O)CCCCCCCCCCC(C)C)COP(=O)(O)OC[C@H](O)COP(=O)(O)OC[C@@H](COC(=O)CCCCCCCCCCCCCCCCCCC)OC(=O)CCCCCCCCCCCCCCCCCCCCCC. The Bertz CT molecular complexity index is 2060. The van der Waals surface area contributed by atoms with Crippen LogP contribution in [0.25, 0.3) is 0 Å². The lowest BCUT2D eigenvalue weighted by Gasteiger charge is -2.21. The van der Waals surface area contributed by atoms with Crippen molar-refractivity contribution in [2.24, 2.45) is 5.92 Å². The van der Waals surface area contributed by atoms with E-state index < -0.39 is 97.5 Å². The maximum Gasteiger partial charge on any atom is 0.472 e. The van der Waals surface area contributed by atoms with Gasteiger partial charge >= 0.3 is 39.5 Å². The van der Waals surface area contributed by atoms with Crippen LogP contribution in [0.15, 0.2) is 24.3 Å². The highest BCUT2D eigenvalue weighted by molar-refractivity contribution is 7.47. The van der Waals surface area contributed by atoms with Gasteiger partial charge in [-0.2, -0.15) is 0 Å². The van der Waals surface area contributed by atoms with E-state index in [0.29, 0.717) is 25.7 Å². The number of ether oxygens (including phenoxy) is 4. The minimum Gasteiger partial charge on any atom is -0.462 e. The lowest BCUT2D eigenvalue weighted by molar-refractivity contribution is -0.161. The first-order valence-electron chi connectivity index (χ1n) is 43.0. The molecule has 0 amide bonds. The average molecular weight is 1500 g/mol. The van der Waals surface area contributed by atoms with Crippen LogP contribution in [0.4, 0.5) is 0 Å². The molecule has 2 unspecified atom stereocenters. The van der Waals surface area contributed by atoms with Crippen molar-refractivity contribution in [3.63, 3.8) is 0 Å². The Morgan fingerprint density at radius 2 is 0.524 bits per heavy atom. The zero-order valence-corrected chi connectivity index (χ0v) is 68.7. The predicted molar refractivity (Wildman–Crippen MR) is 423 cm³/mol. The van der Waals surface area contributed by atoms with Gasteiger partial charge in [0.1, 0.15) is 19.3 Å². The Balaban J connectivity index is 5.27. The molecule has 0 radical (unpaired) electrons. The Hall–Kier alpha value is -2.46. The summed E-state index contributed by atoms with van der Waals surface area (Å²) in [5.41, 5.74) is 0. The second-order valence-electron chi connectivity index (χ2n) is 30.0. The highest BCUT2D eigenvalue weighted by Gasteiger charge is 2.30. The van der Waals surface area contributed by atoms with Gasteiger partial charge in [0.15, 0.2) is 12.2 Å². The molecule has 0 spiro atoms. The van der Waals surface area contributed by atoms with Gasteiger partial charge in [0.2, 0.25) is 0 Å². The smallest absolute Gasteiger partial charge is 0.462 e. The van der Waals surface area contributed by atoms with Crippen LogP contribution < -0.4 is 0 Å². The molecule has 0 bridgehead atoms. The molecule has 17 nitrogen and oxygen atoms in total. The van der Waals surface area contributed by atoms with Gasteiger partial charge in [0.25, 0.3) is 0 Å². The third-order valence-corrected chi connectivity index (χ3v) is 21.1. The summed E-state index contributed by atoms with van der Waals surface area (Å²) in [5, 5.41) is 10.7. The number of hydrogen-bond acceptors (Lipinski definition) is 15. The maximum absolute atomic E-state index is 13.1. The van der Waals surface area contributed by atoms with Crippen LogP contribution in [0.5, 0.6) is 0 Å². The lowest BCUT2D eigenvalue weighted by atomic mass is 10.0. The second kappa shape index (κ2) is 76.3. The van der Waals surface area contributed by atoms with Crippen molar-refractivity contribution in [2.75, 3.05) is 39.6 Å². The molecule has 3 N–H and O–H groups in total. The summed E-state index contributed by atoms with van der Waals surface area (Å²) >= 11 is 0. The van der Waals surface area contributed by atoms with Gasteiger partial charge in [-0.15, -0.1) is 0 Å². The third-order valence-electron chi connectivity index (χ3n) is 19.2. The van der Waals surface area contributed by atoms with Gasteiger partial charge in [-0.05, 0) is 57.3 Å². The molecule has 0 fully saturated rings. The van der Waals surface area contributed by atoms with E-state index in [1.54, 1.807) is 0 Å². The first-order chi connectivity index (χ1) is 50.0. The molecule has 0 saturated carbocycles. The molecular weight excluding hydrogens is 1340 g/mol. The van der Waals surface area contributed by atoms with Gasteiger partial charge in [0.05, 0.1) is 26.4 Å². The molecule has 0 aliphatic heterocycles. The lowest BCUT2D eigenvalue weighted by Crippen LogP contribution is -2.30. The van der Waals surface area contributed by atoms with Gasteiger partial charge in [0, 0.05) is 25.7 Å². The predicted octanol–water partition coefficient (Wildman–Crippen LogP) is 25.1. The van der Waals surface area contributed by atoms with Gasteiger partial charge < -0.3 is 33.8 Å². The topological polar surface area (TPSA) is 237 Å². The molecule has 0 aromatic rings. The van der Waals surface area contributed by atoms with Crippen molar-refractivity contribution in [1.82, 2.24) is 0 Å². The minimum atomic E-state index is -4.97. The van der Waals surface area contributed by atoms with E-state index in [1.165, 1.54) is 238 Å². The largest absolute Gasteiger partial charge is 0.472 e. The number of allylic oxidation sites excluding steroid dienone is 4. The first kappa shape index (κ1) is 101. The zero-order chi connectivity index (χ0) is 75.5. The molecule has 0 saturated heterocycles. The first-order valence-corrected chi connectivity index (χ1v) is 45.9. The van der Waals surface area contributed by atoms with Gasteiger partial charge in [-0.3, -0.25) is 37.3 Å². The summed E-state index contributed by atoms with van der Waals surface area (Å²) in [7, 11) is -9.94. The van der Waals surface area contributed by atoms with Crippen molar-refractivity contribution in [3.8, 4) is 0 Å². The summed E-state index contributed by atoms with van der Waals surface area (Å²) in [6.45, 7) is 7.24. The van der Waals surface area contributed by atoms with Crippen molar-refractivity contribution in [2.45, 2.75) is 445 Å². The molecule has 0 heterocycles. The van der Waals surface area contributed by atoms with Crippen LogP contribution in [0, 0.1) is 5.92 Å². The van der Waals surface area contributed by atoms with E-state index in [1.807, 2.05) is 0 Å². The summed E-state index contributed by atoms with van der Waals surface area (Å²) in [5.74, 6) is -1.41. The highest BCUT2D eigenvalue weighted by Crippen LogP contribution is 2.45. The molecule has 0 rings (SSSR count). The quantitative estimate of drug-likeness (QED) is 0.0169. The second-order valence-corrected chi connectivity index (χ2v) is 32.9. The number of hydrogen-bond donors (Lipinski definition) is 3. The van der Waals surface area contributed by atoms with E-state index in [2.05, 4.69) is 58.9 Å². The van der Waals surface area contributed by atoms with E-state index in [-0.39, 0.29) is 25.7 Å². The minimum absolute atomic E-state index is 0.0849. The van der Waals surface area contributed by atoms with E-state index >= 15 is 0 Å². The maximum atomic E-state index is 13.1. The molecule has 608 valence electrons. The van der Waals surface area contributed by atoms with E-state index in [0.717, 1.165) is 109 Å². The summed E-state index contributed by atoms with van der Waals surface area (Å²) in [6, 6.07) is 0. The van der Waals surface area contributed by atoms with Crippen LogP contribution in [0.3, 0.4) is 0 Å². The number of rotatable bonds is 82. The molecule has 19 heteroatoms. The van der Waals surface area contributed by atoms with Crippen LogP contribution >= 0.6 is 15.6 Å². The van der Waals surface area contributed by atoms with Crippen molar-refractivity contribution in [3.05, 3.63) is 24.3 Å². The van der Waals surface area contributed by atoms with Crippen LogP contribution in [-0.4, -0.2) is 96.7 Å². The molecule has 0 aromatic heterocycles. The fourth-order valence-corrected chi connectivity index (χ4v) is 14.2. The molecule has 0 aliphatic rings. The molecule has 0 aromatic carbocycles. The van der Waals surface area contributed by atoms with Gasteiger partial charge in [-0.25, -0.2) is 9.13 Å². The standard InChI is InChI=1S/C84H160O17P2/c1-6-9-12-15-18-21-24-27-30-32-33-34-36-39-42-45-48-55-60-65-70-83(88)100-79(73-94-81(86)67-62-57-52-46-43-40-38-35-31-28-25-22-19-16-13-10-7-2)75-98-102(90,91)96-71-78(85)72-97-103(92,93)99-76-80(74-95-82(87)68-63-58-53-50-49-51-56-61-66-77(4)5)101-84(89)69-64-59-54-47-44-41-37-29-26-23-20-17-14-11-8-3/h23,26,29,37,77-80,85H,6-22,24-25,27-28,30-36,38-76H2,1-5H3,(H,90,91)(H,92,93)/b26-23-,37-29-/t78-,79-,80-/m1/s1. The Kier molecular flexibility index (Phi) is 74.5. The van der Waals surface area contributed by atoms with Crippen LogP contribution in [0.1, 0.15) is 426 Å². The van der Waals surface area contributed by atoms with Crippen molar-refractivity contribution in [1.29, 1.82) is 0 Å². The fourth-order valence-electron chi connectivity index (χ4n) is 12.6. The number of carbonyl (C=O) groups is 4. The third kappa shape index (κ3) is 77.5. The van der Waals surface area contributed by atoms with Crippen molar-refractivity contribution < 1.29 is 80.2 Å². The Morgan fingerprint density at radius 1 is 0.301 bits per heavy atom. The number of phosphoric ester groups is 2. The highest BCUT2D eigenvalue weighted by atomic mass is 31.2. The molecular formula is C84H160O17P2. The number of unbranched alkanes of at least 4 members (excludes halogenated alkanes) is 51. The van der Waals surface area contributed by atoms with Gasteiger partial charge in [-0.1, -0.05) is 374 Å². The van der Waals surface area contributed by atoms with Crippen LogP contribution in [0.2, 0.25) is 0 Å². The number of carbonyl (C=O) groups excluding carboxylic acids is 4. The number of esters is 4. The normalized spacial score (nSPS) is 14.0. The zero-order valence-electron chi connectivity index (χ0n) is 66.9. The van der Waals surface area contributed by atoms with Crippen molar-refractivity contribution >= 4 is 39.5 Å². The Labute approximate surface area is 631 Å². The van der Waals surface area contributed by atoms with E-state index in [9.17, 15) is 43.2 Å². The fraction of sp³-hybridized carbons (Fsp3) is 0.905. The van der Waals surface area contributed by atoms with E-state index in [4.69, 9.17) is 37.0 Å². The molecule has 0 aliphatic carbocycles. The van der Waals surface area contributed by atoms with Crippen LogP contribution in [-0.2, 0) is 65.4 Å². The molecule has 103 heavy (non-hydrogen) atoms. The molecule has 5 atom stereocenters. The summed E-state index contributed by atoms with van der Waals surface area (Å²) in [6.07, 6.45) is 71.7. The Morgan fingerprint density at radius 3 is 0.796 bits per heavy atom. The number of phosphoric acid groups is 2. The number of aliphatic hydroxyl groups is 1. The monoisotopic (exact) mass is 1500 g/mol. The summed E-state index contributed by atoms with van der Waals surface area (Å²) < 4.78 is 68.8. The summed E-state index contributed by atoms with van der Waals surface area (Å²) in [4.78, 5) is 73.1.